The van der Waals surface area contributed by atoms with E-state index in [9.17, 15) is 10.2 Å². The van der Waals surface area contributed by atoms with Crippen LogP contribution in [0.15, 0.2) is 0 Å². The zero-order chi connectivity index (χ0) is 11.2. The van der Waals surface area contributed by atoms with E-state index >= 15 is 0 Å². The predicted octanol–water partition coefficient (Wildman–Crippen LogP) is -1.42. The molecule has 6 heteroatoms. The number of ether oxygens (including phenoxy) is 3. The number of rotatable bonds is 2. The average Bonchev–Trinajstić information content (AvgIpc) is 2.60. The van der Waals surface area contributed by atoms with E-state index < -0.39 is 43.1 Å². The van der Waals surface area contributed by atoms with Crippen molar-refractivity contribution in [3.05, 3.63) is 0 Å². The Kier molecular flexibility index (Phi) is 2.74. The lowest BCUT2D eigenvalue weighted by Crippen LogP contribution is -2.42. The van der Waals surface area contributed by atoms with Crippen LogP contribution in [0.2, 0.25) is 0 Å². The van der Waals surface area contributed by atoms with Gasteiger partial charge in [0.05, 0.1) is 6.61 Å². The number of hydrogen-bond donors (Lipinski definition) is 3. The fourth-order valence-electron chi connectivity index (χ4n) is 1.94. The molecule has 15 heavy (non-hydrogen) atoms. The Bertz CT molecular complexity index is 243. The lowest BCUT2D eigenvalue weighted by atomic mass is 10.1. The molecule has 0 aliphatic carbocycles. The number of fused-ring (bicyclic) bond motifs is 1. The van der Waals surface area contributed by atoms with Crippen molar-refractivity contribution in [2.45, 2.75) is 50.3 Å². The molecule has 2 saturated heterocycles. The molecule has 0 spiro atoms. The summed E-state index contributed by atoms with van der Waals surface area (Å²) in [5, 5.41) is 27.9. The topological polar surface area (TPSA) is 88.4 Å². The molecule has 0 radical (unpaired) electrons. The van der Waals surface area contributed by atoms with E-state index in [4.69, 9.17) is 19.3 Å². The highest BCUT2D eigenvalue weighted by Gasteiger charge is 2.55. The van der Waals surface area contributed by atoms with Crippen LogP contribution in [-0.2, 0) is 14.2 Å². The molecule has 2 aliphatic rings. The van der Waals surface area contributed by atoms with Crippen LogP contribution in [0.4, 0.5) is 0 Å². The minimum atomic E-state index is -1.12. The molecule has 0 saturated carbocycles. The highest BCUT2D eigenvalue weighted by atomic mass is 16.8. The highest BCUT2D eigenvalue weighted by Crippen LogP contribution is 2.38. The van der Waals surface area contributed by atoms with Crippen molar-refractivity contribution in [3.8, 4) is 0 Å². The summed E-state index contributed by atoms with van der Waals surface area (Å²) in [6, 6.07) is 0. The summed E-state index contributed by atoms with van der Waals surface area (Å²) in [5.41, 5.74) is 0. The summed E-state index contributed by atoms with van der Waals surface area (Å²) in [5.74, 6) is -0.786. The maximum absolute atomic E-state index is 9.79. The van der Waals surface area contributed by atoms with E-state index in [1.807, 2.05) is 0 Å². The molecule has 0 aromatic carbocycles. The Morgan fingerprint density at radius 1 is 1.33 bits per heavy atom. The van der Waals surface area contributed by atoms with Gasteiger partial charge in [-0.25, -0.2) is 0 Å². The van der Waals surface area contributed by atoms with Crippen LogP contribution in [0.25, 0.3) is 0 Å². The molecule has 0 bridgehead atoms. The fourth-order valence-corrected chi connectivity index (χ4v) is 1.94. The summed E-state index contributed by atoms with van der Waals surface area (Å²) in [4.78, 5) is 0. The zero-order valence-electron chi connectivity index (χ0n) is 8.66. The van der Waals surface area contributed by atoms with Crippen LogP contribution in [0.5, 0.6) is 0 Å². The highest BCUT2D eigenvalue weighted by molar-refractivity contribution is 4.95. The first kappa shape index (κ1) is 11.3. The van der Waals surface area contributed by atoms with Crippen molar-refractivity contribution in [1.29, 1.82) is 0 Å². The van der Waals surface area contributed by atoms with Crippen LogP contribution < -0.4 is 0 Å². The van der Waals surface area contributed by atoms with E-state index in [1.165, 1.54) is 0 Å². The summed E-state index contributed by atoms with van der Waals surface area (Å²) in [6.45, 7) is 2.97. The van der Waals surface area contributed by atoms with E-state index in [-0.39, 0.29) is 0 Å². The minimum Gasteiger partial charge on any atom is -0.394 e. The third-order valence-electron chi connectivity index (χ3n) is 2.62. The van der Waals surface area contributed by atoms with Gasteiger partial charge in [-0.05, 0) is 13.8 Å². The molecule has 2 rings (SSSR count). The minimum absolute atomic E-state index is 0.468. The molecule has 2 aliphatic heterocycles. The predicted molar refractivity (Wildman–Crippen MR) is 47.8 cm³/mol. The standard InChI is InChI=1S/C9H16O6/c1-9(2)14-7-5(12)6(4(11)3-10)13-8(7)15-9/h4-8,10-12H,3H2,1-2H3/t4-,5+,6-,7-,8-/m1/s1. The van der Waals surface area contributed by atoms with Crippen LogP contribution in [0.3, 0.4) is 0 Å². The summed E-state index contributed by atoms with van der Waals surface area (Å²) >= 11 is 0. The molecule has 6 nitrogen and oxygen atoms in total. The number of aliphatic hydroxyl groups excluding tert-OH is 3. The van der Waals surface area contributed by atoms with Crippen LogP contribution in [-0.4, -0.2) is 58.4 Å². The molecule has 0 amide bonds. The Morgan fingerprint density at radius 2 is 2.00 bits per heavy atom. The van der Waals surface area contributed by atoms with Gasteiger partial charge in [0, 0.05) is 0 Å². The second kappa shape index (κ2) is 3.65. The van der Waals surface area contributed by atoms with E-state index in [2.05, 4.69) is 0 Å². The Morgan fingerprint density at radius 3 is 2.53 bits per heavy atom. The SMILES string of the molecule is CC1(C)O[C@H]2O[C@H]([C@H](O)CO)[C@H](O)[C@H]2O1. The van der Waals surface area contributed by atoms with Crippen molar-refractivity contribution in [3.63, 3.8) is 0 Å². The molecule has 3 N–H and O–H groups in total. The smallest absolute Gasteiger partial charge is 0.190 e. The molecule has 2 heterocycles. The van der Waals surface area contributed by atoms with Crippen molar-refractivity contribution in [2.24, 2.45) is 0 Å². The van der Waals surface area contributed by atoms with Crippen molar-refractivity contribution >= 4 is 0 Å². The summed E-state index contributed by atoms with van der Waals surface area (Å²) in [7, 11) is 0. The van der Waals surface area contributed by atoms with Crippen LogP contribution >= 0.6 is 0 Å². The molecule has 0 unspecified atom stereocenters. The van der Waals surface area contributed by atoms with Gasteiger partial charge in [0.15, 0.2) is 12.1 Å². The molecule has 2 fully saturated rings. The normalized spacial score (nSPS) is 45.4. The molecule has 0 aromatic heterocycles. The largest absolute Gasteiger partial charge is 0.394 e. The van der Waals surface area contributed by atoms with Gasteiger partial charge in [0.1, 0.15) is 24.4 Å². The molecule has 5 atom stereocenters. The third kappa shape index (κ3) is 1.89. The Balaban J connectivity index is 2.05. The van der Waals surface area contributed by atoms with Crippen molar-refractivity contribution in [2.75, 3.05) is 6.61 Å². The van der Waals surface area contributed by atoms with Crippen molar-refractivity contribution < 1.29 is 29.5 Å². The number of aliphatic hydroxyl groups is 3. The second-order valence-corrected chi connectivity index (χ2v) is 4.31. The first-order valence-corrected chi connectivity index (χ1v) is 4.93. The quantitative estimate of drug-likeness (QED) is 0.529. The lowest BCUT2D eigenvalue weighted by molar-refractivity contribution is -0.227. The molecular weight excluding hydrogens is 204 g/mol. The zero-order valence-corrected chi connectivity index (χ0v) is 8.66. The first-order chi connectivity index (χ1) is 6.94. The van der Waals surface area contributed by atoms with Gasteiger partial charge in [-0.3, -0.25) is 0 Å². The molecule has 88 valence electrons. The van der Waals surface area contributed by atoms with Crippen LogP contribution in [0, 0.1) is 0 Å². The number of hydrogen-bond acceptors (Lipinski definition) is 6. The van der Waals surface area contributed by atoms with Crippen LogP contribution in [0.1, 0.15) is 13.8 Å². The van der Waals surface area contributed by atoms with Gasteiger partial charge in [-0.15, -0.1) is 0 Å². The van der Waals surface area contributed by atoms with Gasteiger partial charge in [-0.2, -0.15) is 0 Å². The van der Waals surface area contributed by atoms with Gasteiger partial charge < -0.3 is 29.5 Å². The maximum Gasteiger partial charge on any atom is 0.190 e. The maximum atomic E-state index is 9.79. The third-order valence-corrected chi connectivity index (χ3v) is 2.62. The molecular formula is C9H16O6. The van der Waals surface area contributed by atoms with Gasteiger partial charge in [0.25, 0.3) is 0 Å². The summed E-state index contributed by atoms with van der Waals surface area (Å²) in [6.07, 6.45) is -4.26. The average molecular weight is 220 g/mol. The van der Waals surface area contributed by atoms with E-state index in [0.29, 0.717) is 0 Å². The van der Waals surface area contributed by atoms with Crippen molar-refractivity contribution in [1.82, 2.24) is 0 Å². The monoisotopic (exact) mass is 220 g/mol. The molecule has 0 aromatic rings. The second-order valence-electron chi connectivity index (χ2n) is 4.31. The van der Waals surface area contributed by atoms with E-state index in [0.717, 1.165) is 0 Å². The Labute approximate surface area is 87.4 Å². The van der Waals surface area contributed by atoms with Gasteiger partial charge >= 0.3 is 0 Å². The van der Waals surface area contributed by atoms with E-state index in [1.54, 1.807) is 13.8 Å². The fraction of sp³-hybridized carbons (Fsp3) is 1.00. The lowest BCUT2D eigenvalue weighted by Gasteiger charge is -2.24. The van der Waals surface area contributed by atoms with Gasteiger partial charge in [0.2, 0.25) is 0 Å². The first-order valence-electron chi connectivity index (χ1n) is 4.93. The Hall–Kier alpha value is -0.240. The van der Waals surface area contributed by atoms with Gasteiger partial charge in [-0.1, -0.05) is 0 Å². The summed E-state index contributed by atoms with van der Waals surface area (Å²) < 4.78 is 16.1.